The number of aliphatic hydroxyl groups excluding tert-OH is 1. The van der Waals surface area contributed by atoms with Crippen LogP contribution in [0.5, 0.6) is 0 Å². The topological polar surface area (TPSA) is 32.3 Å². The summed E-state index contributed by atoms with van der Waals surface area (Å²) >= 11 is 0. The van der Waals surface area contributed by atoms with E-state index in [1.807, 2.05) is 6.08 Å². The van der Waals surface area contributed by atoms with E-state index < -0.39 is 0 Å². The molecule has 0 aromatic heterocycles. The third kappa shape index (κ3) is 3.05. The third-order valence-electron chi connectivity index (χ3n) is 4.23. The van der Waals surface area contributed by atoms with Crippen LogP contribution in [0.2, 0.25) is 0 Å². The molecule has 2 aliphatic carbocycles. The summed E-state index contributed by atoms with van der Waals surface area (Å²) in [4.78, 5) is 0. The molecule has 3 aliphatic rings. The number of nitrogens with one attached hydrogen (secondary N) is 1. The first-order valence-electron chi connectivity index (χ1n) is 7.93. The largest absolute Gasteiger partial charge is 0.507 e. The second kappa shape index (κ2) is 6.21. The quantitative estimate of drug-likeness (QED) is 0.799. The SMILES string of the molecule is CCCC1C=CC2=C(C=C1)C(O)=CC(C1=CCCC=C1)N2. The van der Waals surface area contributed by atoms with E-state index in [2.05, 4.69) is 54.8 Å². The van der Waals surface area contributed by atoms with E-state index in [0.717, 1.165) is 30.5 Å². The summed E-state index contributed by atoms with van der Waals surface area (Å²) in [6, 6.07) is 0.0704. The predicted octanol–water partition coefficient (Wildman–Crippen LogP) is 4.47. The highest BCUT2D eigenvalue weighted by Gasteiger charge is 2.22. The summed E-state index contributed by atoms with van der Waals surface area (Å²) in [5, 5.41) is 13.9. The molecule has 1 heterocycles. The first-order chi connectivity index (χ1) is 10.3. The molecule has 1 aliphatic heterocycles. The van der Waals surface area contributed by atoms with Crippen LogP contribution in [0.4, 0.5) is 0 Å². The molecule has 2 N–H and O–H groups in total. The molecule has 0 fully saturated rings. The van der Waals surface area contributed by atoms with Crippen LogP contribution in [0.25, 0.3) is 0 Å². The minimum atomic E-state index is 0.0704. The summed E-state index contributed by atoms with van der Waals surface area (Å²) in [6.07, 6.45) is 21.6. The van der Waals surface area contributed by atoms with E-state index in [1.165, 1.54) is 12.0 Å². The maximum Gasteiger partial charge on any atom is 0.123 e. The Labute approximate surface area is 126 Å². The average Bonchev–Trinajstić information content (AvgIpc) is 2.72. The lowest BCUT2D eigenvalue weighted by Gasteiger charge is -2.26. The van der Waals surface area contributed by atoms with Gasteiger partial charge in [0.15, 0.2) is 0 Å². The fraction of sp³-hybridized carbons (Fsp3) is 0.368. The van der Waals surface area contributed by atoms with E-state index in [4.69, 9.17) is 0 Å². The van der Waals surface area contributed by atoms with Crippen molar-refractivity contribution in [1.29, 1.82) is 0 Å². The Morgan fingerprint density at radius 3 is 2.81 bits per heavy atom. The van der Waals surface area contributed by atoms with E-state index in [0.29, 0.717) is 11.7 Å². The number of aliphatic hydroxyl groups is 1. The van der Waals surface area contributed by atoms with Crippen molar-refractivity contribution in [2.45, 2.75) is 38.6 Å². The van der Waals surface area contributed by atoms with Gasteiger partial charge in [-0.15, -0.1) is 0 Å². The fourth-order valence-corrected chi connectivity index (χ4v) is 3.06. The zero-order valence-corrected chi connectivity index (χ0v) is 12.5. The second-order valence-corrected chi connectivity index (χ2v) is 5.86. The molecule has 0 saturated carbocycles. The number of hydrogen-bond acceptors (Lipinski definition) is 2. The Hall–Kier alpha value is -1.96. The van der Waals surface area contributed by atoms with Crippen molar-refractivity contribution in [3.63, 3.8) is 0 Å². The molecule has 110 valence electrons. The van der Waals surface area contributed by atoms with Gasteiger partial charge >= 0.3 is 0 Å². The Morgan fingerprint density at radius 2 is 2.05 bits per heavy atom. The zero-order chi connectivity index (χ0) is 14.7. The van der Waals surface area contributed by atoms with Crippen molar-refractivity contribution in [2.75, 3.05) is 0 Å². The number of allylic oxidation sites excluding steroid dienone is 6. The minimum absolute atomic E-state index is 0.0704. The lowest BCUT2D eigenvalue weighted by molar-refractivity contribution is 0.414. The summed E-state index contributed by atoms with van der Waals surface area (Å²) in [6.45, 7) is 2.20. The monoisotopic (exact) mass is 281 g/mol. The lowest BCUT2D eigenvalue weighted by Crippen LogP contribution is -2.32. The van der Waals surface area contributed by atoms with Crippen molar-refractivity contribution in [3.05, 3.63) is 71.2 Å². The number of rotatable bonds is 3. The summed E-state index contributed by atoms with van der Waals surface area (Å²) in [5.74, 6) is 0.842. The molecular formula is C19H23NO. The van der Waals surface area contributed by atoms with Crippen molar-refractivity contribution in [2.24, 2.45) is 5.92 Å². The lowest BCUT2D eigenvalue weighted by atomic mass is 9.95. The van der Waals surface area contributed by atoms with Gasteiger partial charge in [0.2, 0.25) is 0 Å². The van der Waals surface area contributed by atoms with Crippen LogP contribution in [0.1, 0.15) is 32.6 Å². The Balaban J connectivity index is 1.83. The molecule has 3 rings (SSSR count). The van der Waals surface area contributed by atoms with Crippen molar-refractivity contribution in [3.8, 4) is 0 Å². The Bertz CT molecular complexity index is 587. The van der Waals surface area contributed by atoms with Crippen LogP contribution in [-0.2, 0) is 0 Å². The van der Waals surface area contributed by atoms with Crippen LogP contribution in [-0.4, -0.2) is 11.1 Å². The average molecular weight is 281 g/mol. The highest BCUT2D eigenvalue weighted by atomic mass is 16.3. The van der Waals surface area contributed by atoms with E-state index in [-0.39, 0.29) is 6.04 Å². The molecule has 0 aromatic carbocycles. The van der Waals surface area contributed by atoms with Crippen molar-refractivity contribution >= 4 is 0 Å². The van der Waals surface area contributed by atoms with Gasteiger partial charge in [0.05, 0.1) is 6.04 Å². The van der Waals surface area contributed by atoms with Gasteiger partial charge in [-0.25, -0.2) is 0 Å². The smallest absolute Gasteiger partial charge is 0.123 e. The molecule has 2 heteroatoms. The molecule has 21 heavy (non-hydrogen) atoms. The van der Waals surface area contributed by atoms with Gasteiger partial charge in [0, 0.05) is 11.3 Å². The highest BCUT2D eigenvalue weighted by Crippen LogP contribution is 2.28. The molecule has 0 saturated heterocycles. The second-order valence-electron chi connectivity index (χ2n) is 5.86. The highest BCUT2D eigenvalue weighted by molar-refractivity contribution is 5.51. The summed E-state index contributed by atoms with van der Waals surface area (Å²) in [7, 11) is 0. The summed E-state index contributed by atoms with van der Waals surface area (Å²) in [5.41, 5.74) is 3.17. The zero-order valence-electron chi connectivity index (χ0n) is 12.5. The van der Waals surface area contributed by atoms with E-state index >= 15 is 0 Å². The third-order valence-corrected chi connectivity index (χ3v) is 4.23. The maximum absolute atomic E-state index is 10.4. The van der Waals surface area contributed by atoms with Gasteiger partial charge in [-0.2, -0.15) is 0 Å². The molecule has 0 bridgehead atoms. The van der Waals surface area contributed by atoms with Gasteiger partial charge in [-0.1, -0.05) is 49.8 Å². The number of hydrogen-bond donors (Lipinski definition) is 2. The molecule has 0 radical (unpaired) electrons. The normalized spacial score (nSPS) is 27.7. The molecule has 0 aromatic rings. The molecule has 2 nitrogen and oxygen atoms in total. The van der Waals surface area contributed by atoms with Gasteiger partial charge < -0.3 is 10.4 Å². The standard InChI is InChI=1S/C19H23NO/c1-2-6-14-9-11-16-17(12-10-14)20-18(13-19(16)21)15-7-4-3-5-8-15/h4,7-14,18,20-21H,2-3,5-6H2,1H3. The van der Waals surface area contributed by atoms with Crippen LogP contribution in [0.15, 0.2) is 71.2 Å². The molecule has 2 atom stereocenters. The molecule has 0 amide bonds. The van der Waals surface area contributed by atoms with Crippen molar-refractivity contribution < 1.29 is 5.11 Å². The van der Waals surface area contributed by atoms with Gasteiger partial charge in [-0.05, 0) is 42.9 Å². The maximum atomic E-state index is 10.4. The molecule has 0 spiro atoms. The summed E-state index contributed by atoms with van der Waals surface area (Å²) < 4.78 is 0. The van der Waals surface area contributed by atoms with Crippen LogP contribution >= 0.6 is 0 Å². The van der Waals surface area contributed by atoms with Crippen molar-refractivity contribution in [1.82, 2.24) is 5.32 Å². The van der Waals surface area contributed by atoms with Crippen LogP contribution in [0, 0.1) is 5.92 Å². The van der Waals surface area contributed by atoms with E-state index in [9.17, 15) is 5.11 Å². The van der Waals surface area contributed by atoms with Gasteiger partial charge in [-0.3, -0.25) is 0 Å². The van der Waals surface area contributed by atoms with Gasteiger partial charge in [0.25, 0.3) is 0 Å². The predicted molar refractivity (Wildman–Crippen MR) is 87.8 cm³/mol. The Morgan fingerprint density at radius 1 is 1.19 bits per heavy atom. The number of dihydropyridines is 1. The molecule has 2 unspecified atom stereocenters. The van der Waals surface area contributed by atoms with Gasteiger partial charge in [0.1, 0.15) is 5.76 Å². The first kappa shape index (κ1) is 14.0. The minimum Gasteiger partial charge on any atom is -0.507 e. The molecular weight excluding hydrogens is 258 g/mol. The fourth-order valence-electron chi connectivity index (χ4n) is 3.06. The first-order valence-corrected chi connectivity index (χ1v) is 7.93. The van der Waals surface area contributed by atoms with Crippen LogP contribution in [0.3, 0.4) is 0 Å². The van der Waals surface area contributed by atoms with Crippen LogP contribution < -0.4 is 5.32 Å². The Kier molecular flexibility index (Phi) is 4.14. The van der Waals surface area contributed by atoms with E-state index in [1.54, 1.807) is 0 Å².